The van der Waals surface area contributed by atoms with E-state index in [4.69, 9.17) is 0 Å². The average Bonchev–Trinajstić information content (AvgIpc) is 2.88. The smallest absolute Gasteiger partial charge is 0.293 e. The van der Waals surface area contributed by atoms with E-state index in [0.29, 0.717) is 24.0 Å². The molecule has 0 radical (unpaired) electrons. The van der Waals surface area contributed by atoms with Gasteiger partial charge in [-0.2, -0.15) is 4.37 Å². The Kier molecular flexibility index (Phi) is 5.11. The Labute approximate surface area is 137 Å². The Morgan fingerprint density at radius 2 is 2.00 bits per heavy atom. The lowest BCUT2D eigenvalue weighted by atomic mass is 10.2. The third-order valence-corrected chi connectivity index (χ3v) is 4.71. The summed E-state index contributed by atoms with van der Waals surface area (Å²) in [5.41, 5.74) is -0.0164. The Balaban J connectivity index is 2.03. The van der Waals surface area contributed by atoms with E-state index >= 15 is 0 Å². The van der Waals surface area contributed by atoms with Crippen LogP contribution < -0.4 is 10.6 Å². The first-order valence-corrected chi connectivity index (χ1v) is 9.20. The Morgan fingerprint density at radius 3 is 2.57 bits per heavy atom. The van der Waals surface area contributed by atoms with Crippen LogP contribution in [0.4, 0.5) is 16.5 Å². The molecule has 1 heterocycles. The van der Waals surface area contributed by atoms with Gasteiger partial charge in [0.2, 0.25) is 5.13 Å². The number of aromatic nitrogens is 2. The lowest BCUT2D eigenvalue weighted by Gasteiger charge is -2.08. The van der Waals surface area contributed by atoms with Gasteiger partial charge in [-0.3, -0.25) is 10.1 Å². The molecule has 0 atom stereocenters. The first-order valence-electron chi connectivity index (χ1n) is 6.54. The Bertz CT molecular complexity index is 819. The summed E-state index contributed by atoms with van der Waals surface area (Å²) < 4.78 is 27.0. The molecule has 0 amide bonds. The van der Waals surface area contributed by atoms with Crippen molar-refractivity contribution in [2.75, 3.05) is 30.0 Å². The zero-order chi connectivity index (χ0) is 17.0. The second-order valence-electron chi connectivity index (χ2n) is 4.71. The molecule has 2 N–H and O–H groups in total. The minimum absolute atomic E-state index is 0.0859. The molecule has 1 aromatic carbocycles. The number of nitro benzene ring substituents is 1. The van der Waals surface area contributed by atoms with Gasteiger partial charge in [-0.05, 0) is 19.1 Å². The number of benzene rings is 1. The molecule has 0 aliphatic carbocycles. The monoisotopic (exact) mass is 357 g/mol. The maximum atomic E-state index is 11.5. The molecule has 0 fully saturated rings. The van der Waals surface area contributed by atoms with E-state index in [1.165, 1.54) is 23.7 Å². The molecule has 0 saturated heterocycles. The van der Waals surface area contributed by atoms with Crippen LogP contribution >= 0.6 is 11.5 Å². The van der Waals surface area contributed by atoms with E-state index < -0.39 is 14.8 Å². The first kappa shape index (κ1) is 17.1. The van der Waals surface area contributed by atoms with Gasteiger partial charge in [0.1, 0.15) is 11.5 Å². The van der Waals surface area contributed by atoms with Crippen molar-refractivity contribution >= 4 is 37.9 Å². The van der Waals surface area contributed by atoms with Crippen molar-refractivity contribution in [3.63, 3.8) is 0 Å². The minimum atomic E-state index is -3.49. The molecule has 9 nitrogen and oxygen atoms in total. The van der Waals surface area contributed by atoms with Crippen LogP contribution in [0.5, 0.6) is 0 Å². The Morgan fingerprint density at radius 1 is 1.30 bits per heavy atom. The fourth-order valence-electron chi connectivity index (χ4n) is 1.78. The zero-order valence-electron chi connectivity index (χ0n) is 12.4. The number of hydrogen-bond donors (Lipinski definition) is 2. The summed E-state index contributed by atoms with van der Waals surface area (Å²) in [4.78, 5) is 14.5. The quantitative estimate of drug-likeness (QED) is 0.435. The summed E-state index contributed by atoms with van der Waals surface area (Å²) >= 11 is 1.23. The summed E-state index contributed by atoms with van der Waals surface area (Å²) in [5.74, 6) is 0.678. The van der Waals surface area contributed by atoms with Gasteiger partial charge in [0.15, 0.2) is 9.84 Å². The number of sulfone groups is 1. The van der Waals surface area contributed by atoms with Crippen LogP contribution in [0.1, 0.15) is 5.82 Å². The fourth-order valence-corrected chi connectivity index (χ4v) is 3.02. The molecule has 0 bridgehead atoms. The van der Waals surface area contributed by atoms with Crippen LogP contribution in [0.2, 0.25) is 0 Å². The highest BCUT2D eigenvalue weighted by molar-refractivity contribution is 7.90. The van der Waals surface area contributed by atoms with Gasteiger partial charge >= 0.3 is 0 Å². The molecule has 0 unspecified atom stereocenters. The molecule has 0 spiro atoms. The van der Waals surface area contributed by atoms with Crippen molar-refractivity contribution < 1.29 is 13.3 Å². The van der Waals surface area contributed by atoms with Crippen LogP contribution in [0, 0.1) is 17.0 Å². The summed E-state index contributed by atoms with van der Waals surface area (Å²) in [5, 5.41) is 17.7. The molecule has 0 aliphatic rings. The number of nitrogens with one attached hydrogen (secondary N) is 2. The summed E-state index contributed by atoms with van der Waals surface area (Å²) in [7, 11) is -3.49. The van der Waals surface area contributed by atoms with Gasteiger partial charge in [-0.25, -0.2) is 13.4 Å². The van der Waals surface area contributed by atoms with Gasteiger partial charge < -0.3 is 10.6 Å². The average molecular weight is 357 g/mol. The second kappa shape index (κ2) is 6.87. The van der Waals surface area contributed by atoms with E-state index in [-0.39, 0.29) is 16.3 Å². The standard InChI is InChI=1S/C12H15N5O4S2/c1-8-15-12(22-16-8)14-6-5-13-10-4-3-9(23(2,20)21)7-11(10)17(18)19/h3-4,7,13H,5-6H2,1-2H3,(H,14,15,16). The van der Waals surface area contributed by atoms with E-state index in [1.54, 1.807) is 6.92 Å². The predicted molar refractivity (Wildman–Crippen MR) is 87.8 cm³/mol. The molecule has 1 aromatic heterocycles. The SMILES string of the molecule is Cc1nsc(NCCNc2ccc(S(C)(=O)=O)cc2[N+](=O)[O-])n1. The van der Waals surface area contributed by atoms with Crippen LogP contribution in [0.3, 0.4) is 0 Å². The fraction of sp³-hybridized carbons (Fsp3) is 0.333. The number of rotatable bonds is 7. The maximum Gasteiger partial charge on any atom is 0.293 e. The maximum absolute atomic E-state index is 11.5. The highest BCUT2D eigenvalue weighted by Gasteiger charge is 2.18. The molecule has 11 heteroatoms. The predicted octanol–water partition coefficient (Wildman–Crippen LogP) is 1.68. The Hall–Kier alpha value is -2.27. The molecule has 23 heavy (non-hydrogen) atoms. The van der Waals surface area contributed by atoms with Crippen molar-refractivity contribution in [3.8, 4) is 0 Å². The number of anilines is 2. The second-order valence-corrected chi connectivity index (χ2v) is 7.48. The zero-order valence-corrected chi connectivity index (χ0v) is 14.1. The van der Waals surface area contributed by atoms with Gasteiger partial charge in [0, 0.05) is 36.9 Å². The lowest BCUT2D eigenvalue weighted by molar-refractivity contribution is -0.384. The summed E-state index contributed by atoms with van der Waals surface area (Å²) in [6.07, 6.45) is 1.01. The molecule has 0 saturated carbocycles. The van der Waals surface area contributed by atoms with E-state index in [0.717, 1.165) is 12.3 Å². The van der Waals surface area contributed by atoms with Crippen molar-refractivity contribution in [2.45, 2.75) is 11.8 Å². The van der Waals surface area contributed by atoms with Gasteiger partial charge in [0.25, 0.3) is 5.69 Å². The number of nitro groups is 1. The van der Waals surface area contributed by atoms with Gasteiger partial charge in [0.05, 0.1) is 9.82 Å². The molecule has 0 aliphatic heterocycles. The normalized spacial score (nSPS) is 11.2. The van der Waals surface area contributed by atoms with Crippen LogP contribution in [-0.2, 0) is 9.84 Å². The number of aryl methyl sites for hydroxylation is 1. The lowest BCUT2D eigenvalue weighted by Crippen LogP contribution is -2.14. The van der Waals surface area contributed by atoms with E-state index in [2.05, 4.69) is 20.0 Å². The molecular weight excluding hydrogens is 342 g/mol. The summed E-state index contributed by atoms with van der Waals surface area (Å²) in [6.45, 7) is 2.67. The van der Waals surface area contributed by atoms with Gasteiger partial charge in [-0.15, -0.1) is 0 Å². The number of nitrogens with zero attached hydrogens (tertiary/aromatic N) is 3. The highest BCUT2D eigenvalue weighted by atomic mass is 32.2. The van der Waals surface area contributed by atoms with E-state index in [1.807, 2.05) is 0 Å². The minimum Gasteiger partial charge on any atom is -0.378 e. The molecule has 124 valence electrons. The van der Waals surface area contributed by atoms with Crippen LogP contribution in [0.15, 0.2) is 23.1 Å². The third kappa shape index (κ3) is 4.60. The van der Waals surface area contributed by atoms with Crippen molar-refractivity contribution in [1.29, 1.82) is 0 Å². The van der Waals surface area contributed by atoms with E-state index in [9.17, 15) is 18.5 Å². The highest BCUT2D eigenvalue weighted by Crippen LogP contribution is 2.27. The largest absolute Gasteiger partial charge is 0.378 e. The molecule has 2 aromatic rings. The van der Waals surface area contributed by atoms with Crippen molar-refractivity contribution in [3.05, 3.63) is 34.1 Å². The number of hydrogen-bond acceptors (Lipinski definition) is 9. The topological polar surface area (TPSA) is 127 Å². The molecular formula is C12H15N5O4S2. The van der Waals surface area contributed by atoms with Crippen molar-refractivity contribution in [1.82, 2.24) is 9.36 Å². The first-order chi connectivity index (χ1) is 10.8. The summed E-state index contributed by atoms with van der Waals surface area (Å²) in [6, 6.07) is 3.79. The third-order valence-electron chi connectivity index (χ3n) is 2.84. The molecule has 2 rings (SSSR count). The van der Waals surface area contributed by atoms with Gasteiger partial charge in [-0.1, -0.05) is 0 Å². The van der Waals surface area contributed by atoms with Crippen molar-refractivity contribution in [2.24, 2.45) is 0 Å². The van der Waals surface area contributed by atoms with Crippen LogP contribution in [-0.4, -0.2) is 42.0 Å². The van der Waals surface area contributed by atoms with Crippen LogP contribution in [0.25, 0.3) is 0 Å².